The Morgan fingerprint density at radius 1 is 0.712 bits per heavy atom. The van der Waals surface area contributed by atoms with Gasteiger partial charge in [0, 0.05) is 6.42 Å². The number of aliphatic hydroxyl groups excluding tert-OH is 2. The van der Waals surface area contributed by atoms with Crippen LogP contribution in [-0.4, -0.2) is 49.6 Å². The molecule has 7 heteroatoms. The molecule has 1 saturated heterocycles. The van der Waals surface area contributed by atoms with Gasteiger partial charge in [0.25, 0.3) is 0 Å². The zero-order valence-electron chi connectivity index (χ0n) is 34.4. The van der Waals surface area contributed by atoms with E-state index in [0.717, 1.165) is 49.4 Å². The minimum Gasteiger partial charge on any atom is -0.390 e. The maximum atomic E-state index is 13.6. The van der Waals surface area contributed by atoms with E-state index in [-0.39, 0.29) is 17.8 Å². The van der Waals surface area contributed by atoms with Crippen LogP contribution in [0, 0.1) is 46.3 Å². The first kappa shape index (κ1) is 43.2. The fourth-order valence-corrected chi connectivity index (χ4v) is 15.1. The minimum absolute atomic E-state index is 0.0973. The van der Waals surface area contributed by atoms with Gasteiger partial charge in [-0.2, -0.15) is 0 Å². The van der Waals surface area contributed by atoms with Crippen molar-refractivity contribution < 1.29 is 29.3 Å². The molecule has 5 aliphatic rings. The van der Waals surface area contributed by atoms with E-state index in [0.29, 0.717) is 30.6 Å². The molecule has 13 atom stereocenters. The number of hydrogen-bond acceptors (Lipinski definition) is 4. The summed E-state index contributed by atoms with van der Waals surface area (Å²) in [4.78, 5) is 22.2. The molecule has 4 saturated carbocycles. The molecular formula is C45H83O6P. The van der Waals surface area contributed by atoms with Crippen LogP contribution in [0.2, 0.25) is 0 Å². The average molecular weight is 751 g/mol. The van der Waals surface area contributed by atoms with Crippen LogP contribution in [0.3, 0.4) is 0 Å². The Kier molecular flexibility index (Phi) is 15.8. The first-order chi connectivity index (χ1) is 24.8. The number of ether oxygens (including phenoxy) is 1. The van der Waals surface area contributed by atoms with Gasteiger partial charge in [0.2, 0.25) is 0 Å². The van der Waals surface area contributed by atoms with Gasteiger partial charge in [-0.1, -0.05) is 137 Å². The molecule has 0 radical (unpaired) electrons. The van der Waals surface area contributed by atoms with Crippen LogP contribution in [0.5, 0.6) is 0 Å². The molecule has 0 spiro atoms. The van der Waals surface area contributed by atoms with Crippen molar-refractivity contribution in [1.29, 1.82) is 0 Å². The lowest BCUT2D eigenvalue weighted by molar-refractivity contribution is -0.133. The molecule has 0 aromatic heterocycles. The van der Waals surface area contributed by atoms with E-state index in [9.17, 15) is 24.6 Å². The van der Waals surface area contributed by atoms with Crippen LogP contribution in [-0.2, 0) is 9.30 Å². The molecule has 7 unspecified atom stereocenters. The molecule has 5 fully saturated rings. The molecule has 4 aliphatic carbocycles. The third kappa shape index (κ3) is 9.25. The fourth-order valence-electron chi connectivity index (χ4n) is 13.7. The fraction of sp³-hybridized carbons (Fsp3) is 1.00. The summed E-state index contributed by atoms with van der Waals surface area (Å²) in [6.07, 6.45) is 27.4. The average Bonchev–Trinajstić information content (AvgIpc) is 3.67. The first-order valence-corrected chi connectivity index (χ1v) is 24.5. The summed E-state index contributed by atoms with van der Waals surface area (Å²) in [5.41, 5.74) is 0.541. The Labute approximate surface area is 320 Å². The highest BCUT2D eigenvalue weighted by Crippen LogP contribution is 2.72. The van der Waals surface area contributed by atoms with Gasteiger partial charge in [0.1, 0.15) is 6.10 Å². The SMILES string of the molecule is CCCCCCCCCCCCCCCCC(O)[C@H]1OC(C2(P(=O)(O)O)CC[C@@]3(C)C(CCC4C3CC[C@@]3(C)C4CC[C@@H]3[C@H](C)CCC)C2)C[C@H]1O. The van der Waals surface area contributed by atoms with E-state index in [1.165, 1.54) is 122 Å². The van der Waals surface area contributed by atoms with Gasteiger partial charge in [-0.3, -0.25) is 4.57 Å². The third-order valence-electron chi connectivity index (χ3n) is 16.8. The molecule has 1 aliphatic heterocycles. The summed E-state index contributed by atoms with van der Waals surface area (Å²) in [6.45, 7) is 12.2. The number of unbranched alkanes of at least 4 members (excludes halogenated alkanes) is 13. The van der Waals surface area contributed by atoms with E-state index in [4.69, 9.17) is 4.74 Å². The molecule has 0 bridgehead atoms. The molecule has 6 nitrogen and oxygen atoms in total. The largest absolute Gasteiger partial charge is 0.390 e. The van der Waals surface area contributed by atoms with E-state index >= 15 is 0 Å². The molecule has 0 aromatic carbocycles. The van der Waals surface area contributed by atoms with Crippen molar-refractivity contribution in [2.24, 2.45) is 46.3 Å². The van der Waals surface area contributed by atoms with Gasteiger partial charge in [-0.25, -0.2) is 0 Å². The lowest BCUT2D eigenvalue weighted by Crippen LogP contribution is -2.58. The summed E-state index contributed by atoms with van der Waals surface area (Å²) in [5, 5.41) is 21.1. The van der Waals surface area contributed by atoms with Crippen LogP contribution in [0.15, 0.2) is 0 Å². The summed E-state index contributed by atoms with van der Waals surface area (Å²) < 4.78 is 20.0. The predicted molar refractivity (Wildman–Crippen MR) is 214 cm³/mol. The minimum atomic E-state index is -4.56. The molecular weight excluding hydrogens is 667 g/mol. The second kappa shape index (κ2) is 19.0. The highest BCUT2D eigenvalue weighted by Gasteiger charge is 2.66. The van der Waals surface area contributed by atoms with Crippen molar-refractivity contribution >= 4 is 7.60 Å². The van der Waals surface area contributed by atoms with Gasteiger partial charge >= 0.3 is 7.60 Å². The van der Waals surface area contributed by atoms with E-state index in [1.807, 2.05) is 0 Å². The van der Waals surface area contributed by atoms with Crippen LogP contribution in [0.25, 0.3) is 0 Å². The van der Waals surface area contributed by atoms with Crippen molar-refractivity contribution in [3.05, 3.63) is 0 Å². The monoisotopic (exact) mass is 751 g/mol. The van der Waals surface area contributed by atoms with Crippen molar-refractivity contribution in [3.63, 3.8) is 0 Å². The normalized spacial score (nSPS) is 40.2. The topological polar surface area (TPSA) is 107 Å². The standard InChI is InChI=1S/C45H83O6P/c1-6-8-9-10-11-12-13-14-15-16-17-18-19-20-22-39(46)42-40(47)31-41(51-42)45(52(48,49)50)30-29-43(4)34(32-45)23-24-35-37-26-25-36(33(3)21-7-2)44(37,5)28-27-38(35)43/h33-42,46-47H,6-32H2,1-5H3,(H2,48,49,50)/t33-,34?,35?,36-,37?,38?,39?,40-,41?,42-,43+,44-,45?/m1/s1. The molecule has 52 heavy (non-hydrogen) atoms. The second-order valence-electron chi connectivity index (χ2n) is 19.8. The number of aliphatic hydroxyl groups is 2. The van der Waals surface area contributed by atoms with E-state index in [2.05, 4.69) is 34.6 Å². The molecule has 1 heterocycles. The van der Waals surface area contributed by atoms with Crippen LogP contribution < -0.4 is 0 Å². The highest BCUT2D eigenvalue weighted by molar-refractivity contribution is 7.53. The number of fused-ring (bicyclic) bond motifs is 5. The summed E-state index contributed by atoms with van der Waals surface area (Å²) in [5.74, 6) is 4.05. The van der Waals surface area contributed by atoms with Crippen molar-refractivity contribution in [2.75, 3.05) is 0 Å². The highest BCUT2D eigenvalue weighted by atomic mass is 31.2. The Morgan fingerprint density at radius 3 is 1.90 bits per heavy atom. The Balaban J connectivity index is 1.09. The van der Waals surface area contributed by atoms with Crippen molar-refractivity contribution in [2.45, 2.75) is 238 Å². The molecule has 0 amide bonds. The zero-order valence-corrected chi connectivity index (χ0v) is 35.3. The second-order valence-corrected chi connectivity index (χ2v) is 21.8. The van der Waals surface area contributed by atoms with E-state index < -0.39 is 37.2 Å². The first-order valence-electron chi connectivity index (χ1n) is 22.9. The third-order valence-corrected chi connectivity index (χ3v) is 18.7. The van der Waals surface area contributed by atoms with Gasteiger partial charge in [0.05, 0.1) is 23.5 Å². The van der Waals surface area contributed by atoms with Gasteiger partial charge < -0.3 is 24.7 Å². The predicted octanol–water partition coefficient (Wildman–Crippen LogP) is 11.7. The molecule has 4 N–H and O–H groups in total. The summed E-state index contributed by atoms with van der Waals surface area (Å²) in [7, 11) is -4.56. The number of hydrogen-bond donors (Lipinski definition) is 4. The van der Waals surface area contributed by atoms with Crippen LogP contribution in [0.4, 0.5) is 0 Å². The van der Waals surface area contributed by atoms with Crippen molar-refractivity contribution in [1.82, 2.24) is 0 Å². The van der Waals surface area contributed by atoms with Crippen LogP contribution in [0.1, 0.15) is 208 Å². The lowest BCUT2D eigenvalue weighted by Gasteiger charge is -2.63. The molecule has 0 aromatic rings. The summed E-state index contributed by atoms with van der Waals surface area (Å²) in [6, 6.07) is 0. The number of rotatable bonds is 21. The van der Waals surface area contributed by atoms with Gasteiger partial charge in [-0.15, -0.1) is 0 Å². The summed E-state index contributed by atoms with van der Waals surface area (Å²) >= 11 is 0. The van der Waals surface area contributed by atoms with Gasteiger partial charge in [0.15, 0.2) is 0 Å². The molecule has 304 valence electrons. The van der Waals surface area contributed by atoms with Crippen molar-refractivity contribution in [3.8, 4) is 0 Å². The van der Waals surface area contributed by atoms with Crippen LogP contribution >= 0.6 is 7.60 Å². The Bertz CT molecular complexity index is 1130. The molecule has 5 rings (SSSR count). The Hall–Kier alpha value is 0.0300. The Morgan fingerprint density at radius 2 is 1.31 bits per heavy atom. The smallest absolute Gasteiger partial charge is 0.334 e. The van der Waals surface area contributed by atoms with Gasteiger partial charge in [-0.05, 0) is 111 Å². The quantitative estimate of drug-likeness (QED) is 0.0687. The maximum absolute atomic E-state index is 13.6. The zero-order chi connectivity index (χ0) is 37.6. The lowest BCUT2D eigenvalue weighted by atomic mass is 9.43. The van der Waals surface area contributed by atoms with E-state index in [1.54, 1.807) is 0 Å². The maximum Gasteiger partial charge on any atom is 0.334 e.